The summed E-state index contributed by atoms with van der Waals surface area (Å²) in [6.45, 7) is 9.76. The molecule has 1 fully saturated rings. The zero-order valence-corrected chi connectivity index (χ0v) is 17.4. The maximum Gasteiger partial charge on any atom is 0.243 e. The van der Waals surface area contributed by atoms with Crippen LogP contribution >= 0.6 is 0 Å². The number of benzene rings is 1. The number of rotatable bonds is 7. The first kappa shape index (κ1) is 21.2. The van der Waals surface area contributed by atoms with Crippen LogP contribution < -0.4 is 10.6 Å². The van der Waals surface area contributed by atoms with Crippen LogP contribution in [0.4, 0.5) is 0 Å². The highest BCUT2D eigenvalue weighted by atomic mass is 16.2. The highest BCUT2D eigenvalue weighted by Crippen LogP contribution is 2.18. The number of likely N-dealkylation sites (N-methyl/N-ethyl adjacent to an activating group) is 1. The predicted octanol–water partition coefficient (Wildman–Crippen LogP) is 1.58. The minimum atomic E-state index is 0.00226. The molecule has 1 heterocycles. The third-order valence-electron chi connectivity index (χ3n) is 5.11. The Labute approximate surface area is 164 Å². The molecule has 0 bridgehead atoms. The number of amides is 1. The van der Waals surface area contributed by atoms with E-state index in [4.69, 9.17) is 0 Å². The highest BCUT2D eigenvalue weighted by molar-refractivity contribution is 5.85. The number of carbonyl (C=O) groups is 1. The van der Waals surface area contributed by atoms with Gasteiger partial charge in [-0.2, -0.15) is 0 Å². The Morgan fingerprint density at radius 2 is 1.96 bits per heavy atom. The van der Waals surface area contributed by atoms with E-state index < -0.39 is 0 Å². The van der Waals surface area contributed by atoms with Crippen LogP contribution in [0.1, 0.15) is 26.3 Å². The summed E-state index contributed by atoms with van der Waals surface area (Å²) in [6.07, 6.45) is 0.918. The first-order valence-electron chi connectivity index (χ1n) is 9.89. The first-order chi connectivity index (χ1) is 12.9. The van der Waals surface area contributed by atoms with Crippen molar-refractivity contribution in [3.8, 4) is 0 Å². The van der Waals surface area contributed by atoms with E-state index >= 15 is 0 Å². The van der Waals surface area contributed by atoms with Crippen molar-refractivity contribution in [2.24, 2.45) is 10.9 Å². The summed E-state index contributed by atoms with van der Waals surface area (Å²) in [5.74, 6) is 1.27. The molecule has 1 aliphatic heterocycles. The Morgan fingerprint density at radius 3 is 2.56 bits per heavy atom. The number of aliphatic imine (C=N–C) groups is 1. The topological polar surface area (TPSA) is 60.0 Å². The van der Waals surface area contributed by atoms with Gasteiger partial charge in [0.15, 0.2) is 5.96 Å². The highest BCUT2D eigenvalue weighted by Gasteiger charge is 2.31. The molecular formula is C21H35N5O. The lowest BCUT2D eigenvalue weighted by Crippen LogP contribution is -2.47. The van der Waals surface area contributed by atoms with Crippen molar-refractivity contribution in [3.05, 3.63) is 35.9 Å². The van der Waals surface area contributed by atoms with E-state index in [2.05, 4.69) is 65.6 Å². The van der Waals surface area contributed by atoms with Gasteiger partial charge in [-0.05, 0) is 31.7 Å². The second kappa shape index (κ2) is 10.3. The molecule has 1 saturated heterocycles. The van der Waals surface area contributed by atoms with Crippen LogP contribution in [-0.2, 0) is 11.2 Å². The minimum absolute atomic E-state index is 0.00226. The van der Waals surface area contributed by atoms with Gasteiger partial charge in [0.05, 0.1) is 0 Å². The molecule has 150 valence electrons. The monoisotopic (exact) mass is 373 g/mol. The number of hydrogen-bond acceptors (Lipinski definition) is 3. The fraction of sp³-hybridized carbons (Fsp3) is 0.619. The van der Waals surface area contributed by atoms with Gasteiger partial charge >= 0.3 is 0 Å². The quantitative estimate of drug-likeness (QED) is 0.563. The Bertz CT molecular complexity index is 614. The second-order valence-electron chi connectivity index (χ2n) is 7.89. The molecule has 6 nitrogen and oxygen atoms in total. The van der Waals surface area contributed by atoms with Gasteiger partial charge in [-0.1, -0.05) is 37.3 Å². The summed E-state index contributed by atoms with van der Waals surface area (Å²) in [7, 11) is 3.51. The molecule has 6 heteroatoms. The van der Waals surface area contributed by atoms with Crippen molar-refractivity contribution in [3.63, 3.8) is 0 Å². The van der Waals surface area contributed by atoms with E-state index in [9.17, 15) is 4.79 Å². The van der Waals surface area contributed by atoms with Gasteiger partial charge < -0.3 is 15.5 Å². The van der Waals surface area contributed by atoms with Crippen molar-refractivity contribution < 1.29 is 4.79 Å². The maximum atomic E-state index is 11.9. The van der Waals surface area contributed by atoms with Crippen LogP contribution in [0.15, 0.2) is 35.3 Å². The molecule has 27 heavy (non-hydrogen) atoms. The van der Waals surface area contributed by atoms with Gasteiger partial charge in [0, 0.05) is 45.8 Å². The van der Waals surface area contributed by atoms with Crippen LogP contribution in [0.3, 0.4) is 0 Å². The summed E-state index contributed by atoms with van der Waals surface area (Å²) in [5, 5.41) is 6.96. The van der Waals surface area contributed by atoms with Gasteiger partial charge in [0.2, 0.25) is 5.91 Å². The van der Waals surface area contributed by atoms with Crippen molar-refractivity contribution in [2.75, 3.05) is 40.3 Å². The molecule has 0 aliphatic carbocycles. The second-order valence-corrected chi connectivity index (χ2v) is 7.89. The summed E-state index contributed by atoms with van der Waals surface area (Å²) in [6, 6.07) is 11.3. The zero-order valence-electron chi connectivity index (χ0n) is 17.4. The standard InChI is InChI=1S/C21H35N5O/c1-16(2)26-14-17(3)19(15-26)24-21(23-13-20(27)25(4)5)22-12-11-18-9-7-6-8-10-18/h6-10,16-17,19H,11-15H2,1-5H3,(H2,22,23,24). The molecule has 0 aromatic heterocycles. The SMILES string of the molecule is CC1CN(C(C)C)CC1NC(=NCC(=O)N(C)C)NCCc1ccccc1. The lowest BCUT2D eigenvalue weighted by molar-refractivity contribution is -0.127. The number of guanidine groups is 1. The van der Waals surface area contributed by atoms with E-state index in [0.29, 0.717) is 18.0 Å². The van der Waals surface area contributed by atoms with Gasteiger partial charge in [0.1, 0.15) is 6.54 Å². The Hall–Kier alpha value is -2.08. The number of likely N-dealkylation sites (tertiary alicyclic amines) is 1. The molecule has 2 unspecified atom stereocenters. The van der Waals surface area contributed by atoms with Crippen LogP contribution in [0.25, 0.3) is 0 Å². The molecule has 2 rings (SSSR count). The van der Waals surface area contributed by atoms with Crippen molar-refractivity contribution in [1.29, 1.82) is 0 Å². The Balaban J connectivity index is 1.96. The largest absolute Gasteiger partial charge is 0.356 e. The Kier molecular flexibility index (Phi) is 8.10. The maximum absolute atomic E-state index is 11.9. The number of nitrogens with one attached hydrogen (secondary N) is 2. The van der Waals surface area contributed by atoms with Crippen LogP contribution in [-0.4, -0.2) is 74.0 Å². The van der Waals surface area contributed by atoms with Gasteiger partial charge in [0.25, 0.3) is 0 Å². The summed E-state index contributed by atoms with van der Waals surface area (Å²) in [5.41, 5.74) is 1.29. The van der Waals surface area contributed by atoms with Crippen LogP contribution in [0, 0.1) is 5.92 Å². The Morgan fingerprint density at radius 1 is 1.26 bits per heavy atom. The molecule has 0 saturated carbocycles. The van der Waals surface area contributed by atoms with E-state index in [0.717, 1.165) is 32.0 Å². The van der Waals surface area contributed by atoms with E-state index in [1.54, 1.807) is 19.0 Å². The summed E-state index contributed by atoms with van der Waals surface area (Å²) in [4.78, 5) is 20.5. The average molecular weight is 374 g/mol. The van der Waals surface area contributed by atoms with Crippen LogP contribution in [0.2, 0.25) is 0 Å². The summed E-state index contributed by atoms with van der Waals surface area (Å²) < 4.78 is 0. The van der Waals surface area contributed by atoms with E-state index in [1.807, 2.05) is 6.07 Å². The van der Waals surface area contributed by atoms with Crippen molar-refractivity contribution in [1.82, 2.24) is 20.4 Å². The van der Waals surface area contributed by atoms with Crippen molar-refractivity contribution >= 4 is 11.9 Å². The lowest BCUT2D eigenvalue weighted by Gasteiger charge is -2.22. The molecule has 2 N–H and O–H groups in total. The van der Waals surface area contributed by atoms with Gasteiger partial charge in [-0.3, -0.25) is 9.69 Å². The summed E-state index contributed by atoms with van der Waals surface area (Å²) >= 11 is 0. The fourth-order valence-electron chi connectivity index (χ4n) is 3.20. The zero-order chi connectivity index (χ0) is 19.8. The molecule has 1 aliphatic rings. The lowest BCUT2D eigenvalue weighted by atomic mass is 10.1. The van der Waals surface area contributed by atoms with Crippen LogP contribution in [0.5, 0.6) is 0 Å². The third kappa shape index (κ3) is 6.86. The minimum Gasteiger partial charge on any atom is -0.356 e. The molecule has 0 radical (unpaired) electrons. The average Bonchev–Trinajstić information content (AvgIpc) is 3.01. The molecule has 1 amide bonds. The number of nitrogens with zero attached hydrogens (tertiary/aromatic N) is 3. The number of hydrogen-bond donors (Lipinski definition) is 2. The fourth-order valence-corrected chi connectivity index (χ4v) is 3.20. The first-order valence-corrected chi connectivity index (χ1v) is 9.89. The smallest absolute Gasteiger partial charge is 0.243 e. The normalized spacial score (nSPS) is 20.7. The number of carbonyl (C=O) groups excluding carboxylic acids is 1. The predicted molar refractivity (Wildman–Crippen MR) is 112 cm³/mol. The van der Waals surface area contributed by atoms with Crippen molar-refractivity contribution in [2.45, 2.75) is 39.3 Å². The molecule has 0 spiro atoms. The molecule has 1 aromatic carbocycles. The molecule has 2 atom stereocenters. The molecule has 1 aromatic rings. The molecular weight excluding hydrogens is 338 g/mol. The van der Waals surface area contributed by atoms with E-state index in [-0.39, 0.29) is 12.5 Å². The van der Waals surface area contributed by atoms with Gasteiger partial charge in [-0.15, -0.1) is 0 Å². The van der Waals surface area contributed by atoms with E-state index in [1.165, 1.54) is 5.56 Å². The van der Waals surface area contributed by atoms with Gasteiger partial charge in [-0.25, -0.2) is 4.99 Å². The third-order valence-corrected chi connectivity index (χ3v) is 5.11.